The summed E-state index contributed by atoms with van der Waals surface area (Å²) in [5.41, 5.74) is 1.40. The molecule has 0 unspecified atom stereocenters. The summed E-state index contributed by atoms with van der Waals surface area (Å²) >= 11 is 0. The quantitative estimate of drug-likeness (QED) is 0.364. The number of imide groups is 1. The van der Waals surface area contributed by atoms with Crippen molar-refractivity contribution in [2.24, 2.45) is 0 Å². The third kappa shape index (κ3) is 5.08. The van der Waals surface area contributed by atoms with Crippen molar-refractivity contribution in [3.63, 3.8) is 0 Å². The zero-order valence-corrected chi connectivity index (χ0v) is 18.0. The van der Waals surface area contributed by atoms with E-state index in [2.05, 4.69) is 20.0 Å². The molecule has 0 aliphatic carbocycles. The van der Waals surface area contributed by atoms with Gasteiger partial charge in [-0.05, 0) is 12.5 Å². The number of carbonyl (C=O) groups excluding carboxylic acids is 2. The standard InChI is InChI=1S/C20H22N6O5S/c27-18-7-4-8-19(28)25(18)12-14-32(29,30)21-11-13-31-17-10-9-16-22-23-20(26(16)24-17)15-5-2-1-3-6-15/h1-3,5-6,9-10,21H,4,7-8,11-14H2. The van der Waals surface area contributed by atoms with Crippen molar-refractivity contribution in [1.29, 1.82) is 0 Å². The molecular weight excluding hydrogens is 436 g/mol. The molecule has 1 N–H and O–H groups in total. The third-order valence-electron chi connectivity index (χ3n) is 4.91. The normalized spacial score (nSPS) is 14.8. The van der Waals surface area contributed by atoms with E-state index in [1.165, 1.54) is 0 Å². The number of aromatic nitrogens is 4. The molecule has 0 atom stereocenters. The molecule has 0 bridgehead atoms. The molecule has 0 saturated carbocycles. The second-order valence-corrected chi connectivity index (χ2v) is 9.11. The van der Waals surface area contributed by atoms with E-state index in [9.17, 15) is 18.0 Å². The first-order chi connectivity index (χ1) is 15.4. The molecule has 168 valence electrons. The van der Waals surface area contributed by atoms with E-state index in [-0.39, 0.29) is 56.0 Å². The Morgan fingerprint density at radius 3 is 2.50 bits per heavy atom. The first-order valence-corrected chi connectivity index (χ1v) is 11.8. The Morgan fingerprint density at radius 1 is 1.00 bits per heavy atom. The number of carbonyl (C=O) groups is 2. The third-order valence-corrected chi connectivity index (χ3v) is 6.28. The summed E-state index contributed by atoms with van der Waals surface area (Å²) < 4.78 is 33.9. The van der Waals surface area contributed by atoms with E-state index in [4.69, 9.17) is 4.74 Å². The first-order valence-electron chi connectivity index (χ1n) is 10.1. The van der Waals surface area contributed by atoms with Gasteiger partial charge in [-0.25, -0.2) is 13.1 Å². The van der Waals surface area contributed by atoms with Gasteiger partial charge in [0.15, 0.2) is 11.5 Å². The van der Waals surface area contributed by atoms with Gasteiger partial charge in [0, 0.05) is 37.6 Å². The highest BCUT2D eigenvalue weighted by atomic mass is 32.2. The maximum atomic E-state index is 12.2. The highest BCUT2D eigenvalue weighted by Gasteiger charge is 2.27. The molecule has 1 aliphatic rings. The maximum Gasteiger partial charge on any atom is 0.231 e. The molecule has 1 aromatic carbocycles. The Balaban J connectivity index is 1.30. The molecule has 0 radical (unpaired) electrons. The molecule has 2 aromatic heterocycles. The Kier molecular flexibility index (Phi) is 6.42. The lowest BCUT2D eigenvalue weighted by Gasteiger charge is -2.24. The van der Waals surface area contributed by atoms with Gasteiger partial charge in [0.25, 0.3) is 0 Å². The smallest absolute Gasteiger partial charge is 0.231 e. The minimum atomic E-state index is -3.67. The van der Waals surface area contributed by atoms with Crippen molar-refractivity contribution in [2.75, 3.05) is 25.4 Å². The average molecular weight is 459 g/mol. The summed E-state index contributed by atoms with van der Waals surface area (Å²) in [5, 5.41) is 12.6. The lowest BCUT2D eigenvalue weighted by atomic mass is 10.1. The van der Waals surface area contributed by atoms with E-state index in [0.717, 1.165) is 10.5 Å². The number of benzene rings is 1. The predicted octanol–water partition coefficient (Wildman–Crippen LogP) is 0.629. The predicted molar refractivity (Wildman–Crippen MR) is 114 cm³/mol. The number of rotatable bonds is 9. The molecule has 3 aromatic rings. The zero-order valence-electron chi connectivity index (χ0n) is 17.2. The Morgan fingerprint density at radius 2 is 1.75 bits per heavy atom. The van der Waals surface area contributed by atoms with Crippen molar-refractivity contribution < 1.29 is 22.7 Å². The van der Waals surface area contributed by atoms with E-state index in [1.807, 2.05) is 30.3 Å². The van der Waals surface area contributed by atoms with Crippen molar-refractivity contribution in [3.05, 3.63) is 42.5 Å². The molecule has 0 spiro atoms. The Labute approximate surface area is 184 Å². The van der Waals surface area contributed by atoms with Gasteiger partial charge in [0.05, 0.1) is 5.75 Å². The van der Waals surface area contributed by atoms with Gasteiger partial charge in [-0.2, -0.15) is 4.52 Å². The summed E-state index contributed by atoms with van der Waals surface area (Å²) in [5.74, 6) is -0.155. The number of amides is 2. The number of sulfonamides is 1. The monoisotopic (exact) mass is 458 g/mol. The number of likely N-dealkylation sites (tertiary alicyclic amines) is 1. The number of hydrogen-bond donors (Lipinski definition) is 1. The van der Waals surface area contributed by atoms with E-state index < -0.39 is 10.0 Å². The topological polar surface area (TPSA) is 136 Å². The summed E-state index contributed by atoms with van der Waals surface area (Å²) in [6, 6.07) is 12.8. The van der Waals surface area contributed by atoms with Crippen LogP contribution < -0.4 is 9.46 Å². The summed E-state index contributed by atoms with van der Waals surface area (Å²) in [6.07, 6.45) is 1.05. The minimum Gasteiger partial charge on any atom is -0.475 e. The van der Waals surface area contributed by atoms with Gasteiger partial charge in [-0.3, -0.25) is 14.5 Å². The molecular formula is C20H22N6O5S. The van der Waals surface area contributed by atoms with Gasteiger partial charge in [-0.15, -0.1) is 15.3 Å². The molecule has 2 amide bonds. The summed E-state index contributed by atoms with van der Waals surface area (Å²) in [6.45, 7) is -0.0955. The largest absolute Gasteiger partial charge is 0.475 e. The second-order valence-electron chi connectivity index (χ2n) is 7.19. The van der Waals surface area contributed by atoms with E-state index >= 15 is 0 Å². The highest BCUT2D eigenvalue weighted by Crippen LogP contribution is 2.18. The molecule has 3 heterocycles. The lowest BCUT2D eigenvalue weighted by Crippen LogP contribution is -2.44. The molecule has 1 aliphatic heterocycles. The minimum absolute atomic E-state index is 0.0116. The van der Waals surface area contributed by atoms with Crippen molar-refractivity contribution in [2.45, 2.75) is 19.3 Å². The molecule has 32 heavy (non-hydrogen) atoms. The van der Waals surface area contributed by atoms with Gasteiger partial charge in [0.1, 0.15) is 6.61 Å². The van der Waals surface area contributed by atoms with Crippen LogP contribution in [-0.4, -0.2) is 70.4 Å². The maximum absolute atomic E-state index is 12.2. The van der Waals surface area contributed by atoms with Crippen LogP contribution in [-0.2, 0) is 19.6 Å². The fraction of sp³-hybridized carbons (Fsp3) is 0.350. The number of hydrogen-bond acceptors (Lipinski definition) is 8. The van der Waals surface area contributed by atoms with Gasteiger partial charge in [0.2, 0.25) is 27.7 Å². The van der Waals surface area contributed by atoms with Crippen LogP contribution in [0.1, 0.15) is 19.3 Å². The van der Waals surface area contributed by atoms with Crippen LogP contribution in [0.15, 0.2) is 42.5 Å². The average Bonchev–Trinajstić information content (AvgIpc) is 3.20. The van der Waals surface area contributed by atoms with Crippen molar-refractivity contribution in [3.8, 4) is 17.3 Å². The van der Waals surface area contributed by atoms with Crippen LogP contribution in [0, 0.1) is 0 Å². The number of piperidine rings is 1. The van der Waals surface area contributed by atoms with E-state index in [0.29, 0.717) is 17.9 Å². The van der Waals surface area contributed by atoms with Crippen LogP contribution in [0.3, 0.4) is 0 Å². The molecule has 4 rings (SSSR count). The lowest BCUT2D eigenvalue weighted by molar-refractivity contribution is -0.147. The SMILES string of the molecule is O=C1CCCC(=O)N1CCS(=O)(=O)NCCOc1ccc2nnc(-c3ccccc3)n2n1. The summed E-state index contributed by atoms with van der Waals surface area (Å²) in [4.78, 5) is 24.6. The Bertz CT molecular complexity index is 1210. The summed E-state index contributed by atoms with van der Waals surface area (Å²) in [7, 11) is -3.67. The van der Waals surface area contributed by atoms with Crippen molar-refractivity contribution in [1.82, 2.24) is 29.4 Å². The molecule has 11 nitrogen and oxygen atoms in total. The van der Waals surface area contributed by atoms with Gasteiger partial charge < -0.3 is 4.74 Å². The van der Waals surface area contributed by atoms with Crippen LogP contribution >= 0.6 is 0 Å². The zero-order chi connectivity index (χ0) is 22.6. The first kappa shape index (κ1) is 21.8. The molecule has 1 saturated heterocycles. The number of nitrogens with zero attached hydrogens (tertiary/aromatic N) is 5. The van der Waals surface area contributed by atoms with Crippen LogP contribution in [0.25, 0.3) is 17.0 Å². The fourth-order valence-corrected chi connectivity index (χ4v) is 4.26. The number of nitrogens with one attached hydrogen (secondary N) is 1. The molecule has 1 fully saturated rings. The second kappa shape index (κ2) is 9.40. The number of fused-ring (bicyclic) bond motifs is 1. The van der Waals surface area contributed by atoms with E-state index in [1.54, 1.807) is 16.6 Å². The van der Waals surface area contributed by atoms with Crippen molar-refractivity contribution >= 4 is 27.5 Å². The number of ether oxygens (including phenoxy) is 1. The van der Waals surface area contributed by atoms with Crippen LogP contribution in [0.2, 0.25) is 0 Å². The van der Waals surface area contributed by atoms with Gasteiger partial charge in [-0.1, -0.05) is 30.3 Å². The Hall–Kier alpha value is -3.38. The highest BCUT2D eigenvalue weighted by molar-refractivity contribution is 7.89. The van der Waals surface area contributed by atoms with Gasteiger partial charge >= 0.3 is 0 Å². The van der Waals surface area contributed by atoms with Crippen LogP contribution in [0.5, 0.6) is 5.88 Å². The molecule has 12 heteroatoms. The fourth-order valence-electron chi connectivity index (χ4n) is 3.30. The van der Waals surface area contributed by atoms with Crippen LogP contribution in [0.4, 0.5) is 0 Å².